The molecule has 4 nitrogen and oxygen atoms in total. The summed E-state index contributed by atoms with van der Waals surface area (Å²) in [4.78, 5) is 4.02. The lowest BCUT2D eigenvalue weighted by Crippen LogP contribution is -1.87. The summed E-state index contributed by atoms with van der Waals surface area (Å²) in [6.07, 6.45) is 5.42. The number of benzene rings is 1. The minimum absolute atomic E-state index is 0.733. The van der Waals surface area contributed by atoms with E-state index in [-0.39, 0.29) is 0 Å². The number of hydrogen-bond acceptors (Lipinski definition) is 3. The summed E-state index contributed by atoms with van der Waals surface area (Å²) in [5.41, 5.74) is 10.6. The van der Waals surface area contributed by atoms with Crippen LogP contribution in [0.2, 0.25) is 0 Å². The van der Waals surface area contributed by atoms with Crippen LogP contribution in [0.25, 0.3) is 22.4 Å². The maximum Gasteiger partial charge on any atom is 0.0999 e. The van der Waals surface area contributed by atoms with Crippen LogP contribution in [0.1, 0.15) is 0 Å². The number of rotatable bonds is 2. The lowest BCUT2D eigenvalue weighted by atomic mass is 10.0. The standard InChI is InChI=1S/C14H12N4/c15-12-3-1-2-11(8-12)14-13(9-17-18-14)10-4-6-16-7-5-10/h1-9H,15H2,(H,17,18). The molecule has 0 aliphatic heterocycles. The van der Waals surface area contributed by atoms with Crippen molar-refractivity contribution in [2.24, 2.45) is 0 Å². The third-order valence-corrected chi connectivity index (χ3v) is 2.79. The molecule has 2 heterocycles. The Balaban J connectivity index is 2.13. The SMILES string of the molecule is Nc1cccc(-c2n[nH]cc2-c2ccncc2)c1. The Labute approximate surface area is 105 Å². The van der Waals surface area contributed by atoms with E-state index in [9.17, 15) is 0 Å². The van der Waals surface area contributed by atoms with Gasteiger partial charge in [0, 0.05) is 35.4 Å². The second-order valence-electron chi connectivity index (χ2n) is 4.01. The number of nitrogens with two attached hydrogens (primary N) is 1. The van der Waals surface area contributed by atoms with Gasteiger partial charge in [-0.15, -0.1) is 0 Å². The first-order valence-electron chi connectivity index (χ1n) is 5.65. The summed E-state index contributed by atoms with van der Waals surface area (Å²) >= 11 is 0. The Bertz CT molecular complexity index is 658. The second-order valence-corrected chi connectivity index (χ2v) is 4.01. The lowest BCUT2D eigenvalue weighted by Gasteiger charge is -2.03. The van der Waals surface area contributed by atoms with Crippen molar-refractivity contribution in [1.82, 2.24) is 15.2 Å². The molecule has 3 aromatic rings. The number of pyridine rings is 1. The van der Waals surface area contributed by atoms with Gasteiger partial charge in [0.05, 0.1) is 5.69 Å². The van der Waals surface area contributed by atoms with E-state index in [1.165, 1.54) is 0 Å². The minimum Gasteiger partial charge on any atom is -0.399 e. The average Bonchev–Trinajstić information content (AvgIpc) is 2.89. The Morgan fingerprint density at radius 2 is 1.83 bits per heavy atom. The molecule has 4 heteroatoms. The molecule has 0 amide bonds. The molecule has 3 N–H and O–H groups in total. The zero-order valence-corrected chi connectivity index (χ0v) is 9.67. The second kappa shape index (κ2) is 4.33. The predicted octanol–water partition coefficient (Wildman–Crippen LogP) is 2.72. The smallest absolute Gasteiger partial charge is 0.0999 e. The first-order valence-corrected chi connectivity index (χ1v) is 5.65. The van der Waals surface area contributed by atoms with E-state index in [1.54, 1.807) is 12.4 Å². The van der Waals surface area contributed by atoms with Gasteiger partial charge in [-0.3, -0.25) is 10.1 Å². The van der Waals surface area contributed by atoms with E-state index in [0.717, 1.165) is 28.1 Å². The fourth-order valence-electron chi connectivity index (χ4n) is 1.95. The first-order chi connectivity index (χ1) is 8.84. The Kier molecular flexibility index (Phi) is 2.53. The molecular formula is C14H12N4. The van der Waals surface area contributed by atoms with Crippen LogP contribution in [0.4, 0.5) is 5.69 Å². The number of nitrogens with zero attached hydrogens (tertiary/aromatic N) is 2. The minimum atomic E-state index is 0.733. The Hall–Kier alpha value is -2.62. The number of anilines is 1. The quantitative estimate of drug-likeness (QED) is 0.672. The molecule has 1 aromatic carbocycles. The van der Waals surface area contributed by atoms with Gasteiger partial charge < -0.3 is 5.73 Å². The van der Waals surface area contributed by atoms with Gasteiger partial charge in [0.15, 0.2) is 0 Å². The predicted molar refractivity (Wildman–Crippen MR) is 71.7 cm³/mol. The number of H-pyrrole nitrogens is 1. The molecule has 0 aliphatic carbocycles. The largest absolute Gasteiger partial charge is 0.399 e. The van der Waals surface area contributed by atoms with Crippen LogP contribution in [0.3, 0.4) is 0 Å². The topological polar surface area (TPSA) is 67.6 Å². The third kappa shape index (κ3) is 1.84. The maximum atomic E-state index is 5.81. The van der Waals surface area contributed by atoms with Crippen LogP contribution in [-0.4, -0.2) is 15.2 Å². The Morgan fingerprint density at radius 3 is 2.61 bits per heavy atom. The van der Waals surface area contributed by atoms with Crippen LogP contribution < -0.4 is 5.73 Å². The fourth-order valence-corrected chi connectivity index (χ4v) is 1.95. The lowest BCUT2D eigenvalue weighted by molar-refractivity contribution is 1.10. The van der Waals surface area contributed by atoms with Crippen LogP contribution in [0.15, 0.2) is 55.0 Å². The summed E-state index contributed by atoms with van der Waals surface area (Å²) in [6, 6.07) is 11.6. The summed E-state index contributed by atoms with van der Waals surface area (Å²) in [5, 5.41) is 7.21. The number of aromatic nitrogens is 3. The molecule has 3 rings (SSSR count). The molecule has 0 aliphatic rings. The molecule has 0 saturated heterocycles. The van der Waals surface area contributed by atoms with Crippen molar-refractivity contribution < 1.29 is 0 Å². The van der Waals surface area contributed by atoms with Crippen molar-refractivity contribution in [3.8, 4) is 22.4 Å². The molecule has 0 fully saturated rings. The normalized spacial score (nSPS) is 10.4. The number of aromatic amines is 1. The van der Waals surface area contributed by atoms with Gasteiger partial charge in [-0.1, -0.05) is 12.1 Å². The molecular weight excluding hydrogens is 224 g/mol. The van der Waals surface area contributed by atoms with Gasteiger partial charge in [0.1, 0.15) is 0 Å². The molecule has 0 unspecified atom stereocenters. The van der Waals surface area contributed by atoms with Crippen LogP contribution in [0, 0.1) is 0 Å². The highest BCUT2D eigenvalue weighted by Crippen LogP contribution is 2.30. The van der Waals surface area contributed by atoms with Crippen molar-refractivity contribution in [2.45, 2.75) is 0 Å². The zero-order chi connectivity index (χ0) is 12.4. The van der Waals surface area contributed by atoms with E-state index < -0.39 is 0 Å². The number of nitrogens with one attached hydrogen (secondary N) is 1. The molecule has 88 valence electrons. The highest BCUT2D eigenvalue weighted by atomic mass is 15.1. The van der Waals surface area contributed by atoms with Gasteiger partial charge in [0.25, 0.3) is 0 Å². The summed E-state index contributed by atoms with van der Waals surface area (Å²) in [6.45, 7) is 0. The van der Waals surface area contributed by atoms with Gasteiger partial charge in [-0.05, 0) is 29.8 Å². The van der Waals surface area contributed by atoms with Crippen LogP contribution in [0.5, 0.6) is 0 Å². The van der Waals surface area contributed by atoms with Crippen LogP contribution >= 0.6 is 0 Å². The van der Waals surface area contributed by atoms with Crippen molar-refractivity contribution in [1.29, 1.82) is 0 Å². The van der Waals surface area contributed by atoms with Crippen molar-refractivity contribution in [2.75, 3.05) is 5.73 Å². The molecule has 2 aromatic heterocycles. The number of nitrogen functional groups attached to an aromatic ring is 1. The maximum absolute atomic E-state index is 5.81. The van der Waals surface area contributed by atoms with Crippen molar-refractivity contribution in [3.63, 3.8) is 0 Å². The zero-order valence-electron chi connectivity index (χ0n) is 9.67. The monoisotopic (exact) mass is 236 g/mol. The van der Waals surface area contributed by atoms with Gasteiger partial charge in [0.2, 0.25) is 0 Å². The van der Waals surface area contributed by atoms with E-state index in [2.05, 4.69) is 15.2 Å². The van der Waals surface area contributed by atoms with E-state index in [1.807, 2.05) is 42.6 Å². The Morgan fingerprint density at radius 1 is 1.00 bits per heavy atom. The van der Waals surface area contributed by atoms with Crippen molar-refractivity contribution in [3.05, 3.63) is 55.0 Å². The van der Waals surface area contributed by atoms with Gasteiger partial charge in [-0.25, -0.2) is 0 Å². The summed E-state index contributed by atoms with van der Waals surface area (Å²) < 4.78 is 0. The van der Waals surface area contributed by atoms with Crippen molar-refractivity contribution >= 4 is 5.69 Å². The first kappa shape index (κ1) is 10.5. The highest BCUT2D eigenvalue weighted by molar-refractivity contribution is 5.81. The van der Waals surface area contributed by atoms with E-state index >= 15 is 0 Å². The molecule has 0 bridgehead atoms. The molecule has 18 heavy (non-hydrogen) atoms. The molecule has 0 saturated carbocycles. The molecule has 0 radical (unpaired) electrons. The summed E-state index contributed by atoms with van der Waals surface area (Å²) in [5.74, 6) is 0. The molecule has 0 atom stereocenters. The average molecular weight is 236 g/mol. The fraction of sp³-hybridized carbons (Fsp3) is 0. The number of hydrogen-bond donors (Lipinski definition) is 2. The van der Waals surface area contributed by atoms with E-state index in [4.69, 9.17) is 5.73 Å². The van der Waals surface area contributed by atoms with Crippen LogP contribution in [-0.2, 0) is 0 Å². The highest BCUT2D eigenvalue weighted by Gasteiger charge is 2.10. The van der Waals surface area contributed by atoms with Gasteiger partial charge >= 0.3 is 0 Å². The van der Waals surface area contributed by atoms with Gasteiger partial charge in [-0.2, -0.15) is 5.10 Å². The molecule has 0 spiro atoms. The van der Waals surface area contributed by atoms with E-state index in [0.29, 0.717) is 0 Å². The third-order valence-electron chi connectivity index (χ3n) is 2.79. The summed E-state index contributed by atoms with van der Waals surface area (Å²) in [7, 11) is 0.